The molecule has 0 aliphatic carbocycles. The summed E-state index contributed by atoms with van der Waals surface area (Å²) in [5.41, 5.74) is 5.98. The number of carbonyl (C=O) groups excluding carboxylic acids is 2. The minimum atomic E-state index is -1.29. The van der Waals surface area contributed by atoms with E-state index < -0.39 is 23.7 Å². The van der Waals surface area contributed by atoms with Crippen molar-refractivity contribution >= 4 is 34.9 Å². The highest BCUT2D eigenvalue weighted by atomic mass is 35.5. The Morgan fingerprint density at radius 2 is 2.05 bits per heavy atom. The van der Waals surface area contributed by atoms with Crippen molar-refractivity contribution in [2.24, 2.45) is 0 Å². The SMILES string of the molecule is CC(=O)N[C@@H](CC(=O)c1cc(Cl)ccc1N)C(=O)O. The first-order valence-electron chi connectivity index (χ1n) is 5.39. The molecule has 0 aromatic heterocycles. The Morgan fingerprint density at radius 3 is 2.58 bits per heavy atom. The zero-order valence-corrected chi connectivity index (χ0v) is 10.9. The summed E-state index contributed by atoms with van der Waals surface area (Å²) >= 11 is 5.75. The van der Waals surface area contributed by atoms with Crippen LogP contribution < -0.4 is 11.1 Å². The molecule has 1 aromatic rings. The summed E-state index contributed by atoms with van der Waals surface area (Å²) in [5, 5.41) is 11.4. The van der Waals surface area contributed by atoms with Crippen molar-refractivity contribution in [3.63, 3.8) is 0 Å². The number of halogens is 1. The number of amides is 1. The minimum absolute atomic E-state index is 0.143. The molecule has 0 fully saturated rings. The second-order valence-corrected chi connectivity index (χ2v) is 4.39. The second kappa shape index (κ2) is 6.19. The van der Waals surface area contributed by atoms with Crippen LogP contribution in [0.25, 0.3) is 0 Å². The van der Waals surface area contributed by atoms with Crippen LogP contribution in [0, 0.1) is 0 Å². The Hall–Kier alpha value is -2.08. The van der Waals surface area contributed by atoms with Crippen LogP contribution in [0.2, 0.25) is 5.02 Å². The summed E-state index contributed by atoms with van der Waals surface area (Å²) in [5.74, 6) is -2.32. The average Bonchev–Trinajstić information content (AvgIpc) is 2.30. The fraction of sp³-hybridized carbons (Fsp3) is 0.250. The average molecular weight is 285 g/mol. The van der Waals surface area contributed by atoms with E-state index in [1.165, 1.54) is 25.1 Å². The third kappa shape index (κ3) is 4.26. The number of ketones is 1. The number of Topliss-reactive ketones (excluding diaryl/α,β-unsaturated/α-hetero) is 1. The number of hydrogen-bond donors (Lipinski definition) is 3. The Morgan fingerprint density at radius 1 is 1.42 bits per heavy atom. The molecule has 0 aliphatic heterocycles. The molecule has 1 rings (SSSR count). The van der Waals surface area contributed by atoms with Gasteiger partial charge in [0.2, 0.25) is 5.91 Å². The number of aliphatic carboxylic acids is 1. The molecular weight excluding hydrogens is 272 g/mol. The van der Waals surface area contributed by atoms with Gasteiger partial charge in [-0.3, -0.25) is 9.59 Å². The van der Waals surface area contributed by atoms with Gasteiger partial charge < -0.3 is 16.2 Å². The number of hydrogen-bond acceptors (Lipinski definition) is 4. The first-order chi connectivity index (χ1) is 8.81. The number of anilines is 1. The van der Waals surface area contributed by atoms with Crippen molar-refractivity contribution in [2.75, 3.05) is 5.73 Å². The number of carboxylic acid groups (broad SMARTS) is 1. The molecule has 1 amide bonds. The summed E-state index contributed by atoms with van der Waals surface area (Å²) in [6.45, 7) is 1.17. The van der Waals surface area contributed by atoms with E-state index in [0.29, 0.717) is 5.02 Å². The van der Waals surface area contributed by atoms with Crippen molar-refractivity contribution in [3.05, 3.63) is 28.8 Å². The van der Waals surface area contributed by atoms with Gasteiger partial charge >= 0.3 is 5.97 Å². The van der Waals surface area contributed by atoms with Gasteiger partial charge in [0.05, 0.1) is 0 Å². The predicted octanol–water partition coefficient (Wildman–Crippen LogP) is 1.08. The van der Waals surface area contributed by atoms with Gasteiger partial charge in [0.15, 0.2) is 5.78 Å². The summed E-state index contributed by atoms with van der Waals surface area (Å²) in [6.07, 6.45) is -0.389. The lowest BCUT2D eigenvalue weighted by molar-refractivity contribution is -0.141. The van der Waals surface area contributed by atoms with Crippen molar-refractivity contribution in [2.45, 2.75) is 19.4 Å². The molecular formula is C12H13ClN2O4. The highest BCUT2D eigenvalue weighted by Crippen LogP contribution is 2.20. The fourth-order valence-corrected chi connectivity index (χ4v) is 1.68. The second-order valence-electron chi connectivity index (χ2n) is 3.95. The molecule has 0 unspecified atom stereocenters. The molecule has 4 N–H and O–H groups in total. The van der Waals surface area contributed by atoms with Crippen LogP contribution in [0.3, 0.4) is 0 Å². The third-order valence-corrected chi connectivity index (χ3v) is 2.62. The van der Waals surface area contributed by atoms with Gasteiger partial charge in [0.25, 0.3) is 0 Å². The molecule has 1 aromatic carbocycles. The number of benzene rings is 1. The highest BCUT2D eigenvalue weighted by molar-refractivity contribution is 6.31. The maximum absolute atomic E-state index is 12.0. The molecule has 0 bridgehead atoms. The highest BCUT2D eigenvalue weighted by Gasteiger charge is 2.23. The lowest BCUT2D eigenvalue weighted by Gasteiger charge is -2.13. The maximum Gasteiger partial charge on any atom is 0.326 e. The van der Waals surface area contributed by atoms with Gasteiger partial charge in [-0.25, -0.2) is 4.79 Å². The summed E-state index contributed by atoms with van der Waals surface area (Å²) in [7, 11) is 0. The molecule has 1 atom stereocenters. The fourth-order valence-electron chi connectivity index (χ4n) is 1.51. The summed E-state index contributed by atoms with van der Waals surface area (Å²) < 4.78 is 0. The number of nitrogens with two attached hydrogens (primary N) is 1. The van der Waals surface area contributed by atoms with E-state index in [1.807, 2.05) is 0 Å². The van der Waals surface area contributed by atoms with E-state index >= 15 is 0 Å². The Labute approximate surface area is 114 Å². The number of nitrogen functional groups attached to an aromatic ring is 1. The molecule has 19 heavy (non-hydrogen) atoms. The summed E-state index contributed by atoms with van der Waals surface area (Å²) in [6, 6.07) is 3.06. The van der Waals surface area contributed by atoms with Gasteiger partial charge in [-0.1, -0.05) is 11.6 Å². The van der Waals surface area contributed by atoms with Crippen molar-refractivity contribution < 1.29 is 19.5 Å². The van der Waals surface area contributed by atoms with Gasteiger partial charge in [-0.2, -0.15) is 0 Å². The smallest absolute Gasteiger partial charge is 0.326 e. The molecule has 6 nitrogen and oxygen atoms in total. The van der Waals surface area contributed by atoms with Gasteiger partial charge in [0, 0.05) is 29.6 Å². The Kier molecular flexibility index (Phi) is 4.88. The topological polar surface area (TPSA) is 109 Å². The van der Waals surface area contributed by atoms with Crippen LogP contribution in [0.1, 0.15) is 23.7 Å². The maximum atomic E-state index is 12.0. The zero-order valence-electron chi connectivity index (χ0n) is 10.1. The van der Waals surface area contributed by atoms with E-state index in [-0.39, 0.29) is 17.7 Å². The van der Waals surface area contributed by atoms with Crippen molar-refractivity contribution in [1.29, 1.82) is 0 Å². The molecule has 0 aliphatic rings. The molecule has 0 heterocycles. The first kappa shape index (κ1) is 15.0. The van der Waals surface area contributed by atoms with Crippen LogP contribution >= 0.6 is 11.6 Å². The van der Waals surface area contributed by atoms with Gasteiger partial charge in [-0.05, 0) is 18.2 Å². The Balaban J connectivity index is 2.90. The minimum Gasteiger partial charge on any atom is -0.480 e. The number of nitrogens with one attached hydrogen (secondary N) is 1. The summed E-state index contributed by atoms with van der Waals surface area (Å²) in [4.78, 5) is 33.8. The zero-order chi connectivity index (χ0) is 14.6. The van der Waals surface area contributed by atoms with Gasteiger partial charge in [0.1, 0.15) is 6.04 Å². The lowest BCUT2D eigenvalue weighted by Crippen LogP contribution is -2.41. The standard InChI is InChI=1S/C12H13ClN2O4/c1-6(16)15-10(12(18)19)5-11(17)8-4-7(13)2-3-9(8)14/h2-4,10H,5,14H2,1H3,(H,15,16)(H,18,19)/t10-/m0/s1. The Bertz CT molecular complexity index is 530. The number of carbonyl (C=O) groups is 3. The van der Waals surface area contributed by atoms with Gasteiger partial charge in [-0.15, -0.1) is 0 Å². The van der Waals surface area contributed by atoms with Crippen LogP contribution in [0.5, 0.6) is 0 Å². The molecule has 0 saturated heterocycles. The number of rotatable bonds is 5. The molecule has 0 spiro atoms. The van der Waals surface area contributed by atoms with Crippen LogP contribution in [-0.2, 0) is 9.59 Å². The van der Waals surface area contributed by atoms with E-state index in [4.69, 9.17) is 22.4 Å². The van der Waals surface area contributed by atoms with E-state index in [9.17, 15) is 14.4 Å². The largest absolute Gasteiger partial charge is 0.480 e. The quantitative estimate of drug-likeness (QED) is 0.554. The first-order valence-corrected chi connectivity index (χ1v) is 5.77. The van der Waals surface area contributed by atoms with Crippen LogP contribution in [0.15, 0.2) is 18.2 Å². The van der Waals surface area contributed by atoms with Crippen molar-refractivity contribution in [1.82, 2.24) is 5.32 Å². The van der Waals surface area contributed by atoms with Crippen LogP contribution in [0.4, 0.5) is 5.69 Å². The predicted molar refractivity (Wildman–Crippen MR) is 70.1 cm³/mol. The molecule has 0 saturated carbocycles. The van der Waals surface area contributed by atoms with E-state index in [1.54, 1.807) is 0 Å². The van der Waals surface area contributed by atoms with Crippen molar-refractivity contribution in [3.8, 4) is 0 Å². The number of carboxylic acids is 1. The van der Waals surface area contributed by atoms with E-state index in [0.717, 1.165) is 0 Å². The van der Waals surface area contributed by atoms with E-state index in [2.05, 4.69) is 5.32 Å². The molecule has 102 valence electrons. The normalized spacial score (nSPS) is 11.7. The lowest BCUT2D eigenvalue weighted by atomic mass is 10.0. The molecule has 7 heteroatoms. The monoisotopic (exact) mass is 284 g/mol. The third-order valence-electron chi connectivity index (χ3n) is 2.38. The van der Waals surface area contributed by atoms with Crippen LogP contribution in [-0.4, -0.2) is 28.8 Å². The molecule has 0 radical (unpaired) electrons.